The van der Waals surface area contributed by atoms with Gasteiger partial charge in [-0.2, -0.15) is 0 Å². The van der Waals surface area contributed by atoms with E-state index in [1.165, 1.54) is 0 Å². The van der Waals surface area contributed by atoms with E-state index in [1.54, 1.807) is 20.4 Å². The molecule has 0 spiro atoms. The van der Waals surface area contributed by atoms with Gasteiger partial charge in [-0.3, -0.25) is 0 Å². The monoisotopic (exact) mass is 296 g/mol. The minimum atomic E-state index is -0.0107. The van der Waals surface area contributed by atoms with Crippen molar-refractivity contribution in [3.8, 4) is 5.88 Å². The highest BCUT2D eigenvalue weighted by molar-refractivity contribution is 5.55. The average Bonchev–Trinajstić information content (AvgIpc) is 2.55. The number of aliphatic hydroxyl groups excluding tert-OH is 1. The lowest BCUT2D eigenvalue weighted by atomic mass is 9.97. The number of hydrogen-bond acceptors (Lipinski definition) is 6. The summed E-state index contributed by atoms with van der Waals surface area (Å²) in [6, 6.07) is 1.90. The molecule has 1 fully saturated rings. The molecule has 0 radical (unpaired) electrons. The molecule has 21 heavy (non-hydrogen) atoms. The molecule has 1 saturated heterocycles. The van der Waals surface area contributed by atoms with Crippen molar-refractivity contribution < 1.29 is 19.3 Å². The molecule has 1 aliphatic rings. The Kier molecular flexibility index (Phi) is 6.22. The van der Waals surface area contributed by atoms with Crippen LogP contribution in [0.2, 0.25) is 0 Å². The topological polar surface area (TPSA) is 64.1 Å². The zero-order chi connectivity index (χ0) is 15.1. The number of pyridine rings is 1. The predicted octanol–water partition coefficient (Wildman–Crippen LogP) is 1.42. The van der Waals surface area contributed by atoms with Crippen LogP contribution in [0, 0.1) is 5.92 Å². The maximum atomic E-state index is 9.47. The van der Waals surface area contributed by atoms with Crippen molar-refractivity contribution in [2.45, 2.75) is 19.4 Å². The number of nitrogens with zero attached hydrogens (tertiary/aromatic N) is 2. The Balaban J connectivity index is 1.95. The van der Waals surface area contributed by atoms with Crippen LogP contribution in [0.3, 0.4) is 0 Å². The molecule has 1 aromatic heterocycles. The average molecular weight is 296 g/mol. The van der Waals surface area contributed by atoms with E-state index in [0.717, 1.165) is 43.8 Å². The van der Waals surface area contributed by atoms with Crippen LogP contribution in [0.25, 0.3) is 0 Å². The maximum absolute atomic E-state index is 9.47. The van der Waals surface area contributed by atoms with Crippen LogP contribution in [0.15, 0.2) is 12.3 Å². The Morgan fingerprint density at radius 2 is 2.10 bits per heavy atom. The largest absolute Gasteiger partial charge is 0.481 e. The van der Waals surface area contributed by atoms with Crippen LogP contribution < -0.4 is 9.64 Å². The number of anilines is 1. The van der Waals surface area contributed by atoms with Gasteiger partial charge in [-0.05, 0) is 18.8 Å². The van der Waals surface area contributed by atoms with Crippen molar-refractivity contribution in [3.05, 3.63) is 17.8 Å². The van der Waals surface area contributed by atoms with E-state index >= 15 is 0 Å². The highest BCUT2D eigenvalue weighted by Crippen LogP contribution is 2.28. The molecule has 0 amide bonds. The van der Waals surface area contributed by atoms with Gasteiger partial charge in [-0.25, -0.2) is 4.98 Å². The molecule has 0 atom stereocenters. The number of rotatable bonds is 7. The van der Waals surface area contributed by atoms with Crippen LogP contribution in [0.4, 0.5) is 5.69 Å². The third kappa shape index (κ3) is 4.30. The summed E-state index contributed by atoms with van der Waals surface area (Å²) in [5.74, 6) is 1.14. The minimum absolute atomic E-state index is 0.0107. The van der Waals surface area contributed by atoms with E-state index in [9.17, 15) is 5.11 Å². The smallest absolute Gasteiger partial charge is 0.215 e. The molecule has 0 aromatic carbocycles. The van der Waals surface area contributed by atoms with Crippen LogP contribution >= 0.6 is 0 Å². The molecular weight excluding hydrogens is 272 g/mol. The molecule has 1 aliphatic heterocycles. The quantitative estimate of drug-likeness (QED) is 0.606. The number of methoxy groups -OCH3 is 2. The first-order chi connectivity index (χ1) is 10.3. The Labute approximate surface area is 125 Å². The van der Waals surface area contributed by atoms with Crippen LogP contribution in [-0.4, -0.2) is 50.8 Å². The Bertz CT molecular complexity index is 434. The fraction of sp³-hybridized carbons (Fsp3) is 0.667. The van der Waals surface area contributed by atoms with Gasteiger partial charge in [0.05, 0.1) is 20.3 Å². The number of aromatic nitrogens is 1. The zero-order valence-electron chi connectivity index (χ0n) is 12.7. The fourth-order valence-corrected chi connectivity index (χ4v) is 2.62. The van der Waals surface area contributed by atoms with Crippen molar-refractivity contribution in [2.24, 2.45) is 5.92 Å². The standard InChI is InChI=1S/C15H24N2O4/c1-19-11-21-10-12-3-5-17(6-4-12)14-7-15(20-2)16-8-13(14)9-18/h7-8,12,18H,3-6,9-11H2,1-2H3. The fourth-order valence-electron chi connectivity index (χ4n) is 2.62. The zero-order valence-corrected chi connectivity index (χ0v) is 12.7. The molecule has 1 aromatic rings. The van der Waals surface area contributed by atoms with E-state index in [-0.39, 0.29) is 6.61 Å². The second kappa shape index (κ2) is 8.17. The molecule has 2 heterocycles. The van der Waals surface area contributed by atoms with Gasteiger partial charge >= 0.3 is 0 Å². The lowest BCUT2D eigenvalue weighted by Gasteiger charge is -2.34. The normalized spacial score (nSPS) is 16.2. The molecule has 2 rings (SSSR count). The SMILES string of the molecule is COCOCC1CCN(c2cc(OC)ncc2CO)CC1. The summed E-state index contributed by atoms with van der Waals surface area (Å²) < 4.78 is 15.5. The molecule has 0 bridgehead atoms. The summed E-state index contributed by atoms with van der Waals surface area (Å²) in [4.78, 5) is 6.43. The first-order valence-corrected chi connectivity index (χ1v) is 7.24. The van der Waals surface area contributed by atoms with Crippen molar-refractivity contribution in [1.29, 1.82) is 0 Å². The summed E-state index contributed by atoms with van der Waals surface area (Å²) in [6.45, 7) is 2.98. The van der Waals surface area contributed by atoms with E-state index in [1.807, 2.05) is 6.07 Å². The molecular formula is C15H24N2O4. The molecule has 118 valence electrons. The van der Waals surface area contributed by atoms with Gasteiger partial charge in [-0.15, -0.1) is 0 Å². The molecule has 0 aliphatic carbocycles. The summed E-state index contributed by atoms with van der Waals surface area (Å²) in [6.07, 6.45) is 3.82. The third-order valence-corrected chi connectivity index (χ3v) is 3.83. The third-order valence-electron chi connectivity index (χ3n) is 3.83. The summed E-state index contributed by atoms with van der Waals surface area (Å²) in [5, 5.41) is 9.47. The van der Waals surface area contributed by atoms with Crippen molar-refractivity contribution in [2.75, 3.05) is 45.6 Å². The van der Waals surface area contributed by atoms with E-state index in [4.69, 9.17) is 14.2 Å². The Hall–Kier alpha value is -1.37. The second-order valence-electron chi connectivity index (χ2n) is 5.22. The number of aliphatic hydroxyl groups is 1. The van der Waals surface area contributed by atoms with Crippen molar-refractivity contribution >= 4 is 5.69 Å². The van der Waals surface area contributed by atoms with Gasteiger partial charge in [0.15, 0.2) is 0 Å². The number of piperidine rings is 1. The molecule has 6 heteroatoms. The maximum Gasteiger partial charge on any atom is 0.215 e. The molecule has 0 unspecified atom stereocenters. The second-order valence-corrected chi connectivity index (χ2v) is 5.22. The predicted molar refractivity (Wildman–Crippen MR) is 79.5 cm³/mol. The highest BCUT2D eigenvalue weighted by Gasteiger charge is 2.21. The van der Waals surface area contributed by atoms with Crippen LogP contribution in [0.5, 0.6) is 5.88 Å². The van der Waals surface area contributed by atoms with E-state index in [0.29, 0.717) is 18.6 Å². The molecule has 0 saturated carbocycles. The van der Waals surface area contributed by atoms with Gasteiger partial charge in [0.25, 0.3) is 0 Å². The summed E-state index contributed by atoms with van der Waals surface area (Å²) in [5.41, 5.74) is 1.85. The first-order valence-electron chi connectivity index (χ1n) is 7.24. The van der Waals surface area contributed by atoms with Gasteiger partial charge in [0.2, 0.25) is 5.88 Å². The highest BCUT2D eigenvalue weighted by atomic mass is 16.7. The first kappa shape index (κ1) is 16.0. The molecule has 6 nitrogen and oxygen atoms in total. The van der Waals surface area contributed by atoms with E-state index < -0.39 is 0 Å². The van der Waals surface area contributed by atoms with Gasteiger partial charge in [-0.1, -0.05) is 0 Å². The lowest BCUT2D eigenvalue weighted by molar-refractivity contribution is -0.0456. The molecule has 1 N–H and O–H groups in total. The summed E-state index contributed by atoms with van der Waals surface area (Å²) >= 11 is 0. The Morgan fingerprint density at radius 3 is 2.71 bits per heavy atom. The van der Waals surface area contributed by atoms with Gasteiger partial charge in [0.1, 0.15) is 6.79 Å². The number of hydrogen-bond donors (Lipinski definition) is 1. The van der Waals surface area contributed by atoms with Gasteiger partial charge < -0.3 is 24.2 Å². The van der Waals surface area contributed by atoms with E-state index in [2.05, 4.69) is 9.88 Å². The van der Waals surface area contributed by atoms with Gasteiger partial charge in [0, 0.05) is 43.7 Å². The summed E-state index contributed by atoms with van der Waals surface area (Å²) in [7, 11) is 3.24. The van der Waals surface area contributed by atoms with Crippen LogP contribution in [0.1, 0.15) is 18.4 Å². The lowest BCUT2D eigenvalue weighted by Crippen LogP contribution is -2.35. The van der Waals surface area contributed by atoms with Crippen molar-refractivity contribution in [1.82, 2.24) is 4.98 Å². The Morgan fingerprint density at radius 1 is 1.33 bits per heavy atom. The van der Waals surface area contributed by atoms with Crippen LogP contribution in [-0.2, 0) is 16.1 Å². The number of ether oxygens (including phenoxy) is 3. The minimum Gasteiger partial charge on any atom is -0.481 e. The van der Waals surface area contributed by atoms with Crippen molar-refractivity contribution in [3.63, 3.8) is 0 Å².